The lowest BCUT2D eigenvalue weighted by Crippen LogP contribution is -2.37. The number of allylic oxidation sites excluding steroid dienone is 12. The maximum Gasteiger partial charge on any atom is 0.472 e. The summed E-state index contributed by atoms with van der Waals surface area (Å²) in [7, 11) is 1.65. The van der Waals surface area contributed by atoms with E-state index in [0.717, 1.165) is 83.5 Å². The standard InChI is InChI=1S/C56H102NO7P/c1-6-8-10-12-14-16-18-20-22-24-26-28-30-32-34-36-38-40-42-44-46-48-51-61-53-55(54-63-65(59,60)62-52-50-57(3,4)5)64-56(58)49-47-45-43-41-39-37-35-33-31-29-27-25-23-21-19-17-15-13-11-9-7-2/h9,11,15,17,21,23-24,26-27,29,33,35,55H,6-8,10,12-14,16,18-20,22,25,28,30-32,34,36-54H2,1-5H3/p+1/b11-9-,17-15-,23-21-,26-24-,29-27-,35-33-. The van der Waals surface area contributed by atoms with Gasteiger partial charge in [-0.15, -0.1) is 0 Å². The van der Waals surface area contributed by atoms with Crippen molar-refractivity contribution in [2.75, 3.05) is 54.1 Å². The summed E-state index contributed by atoms with van der Waals surface area (Å²) < 4.78 is 35.2. The molecule has 8 nitrogen and oxygen atoms in total. The summed E-state index contributed by atoms with van der Waals surface area (Å²) in [5.41, 5.74) is 0. The normalized spacial score (nSPS) is 14.1. The molecule has 0 aliphatic heterocycles. The monoisotopic (exact) mass is 933 g/mol. The Morgan fingerprint density at radius 3 is 1.35 bits per heavy atom. The summed E-state index contributed by atoms with van der Waals surface area (Å²) in [5, 5.41) is 0. The Kier molecular flexibility index (Phi) is 46.9. The topological polar surface area (TPSA) is 91.3 Å². The molecule has 1 N–H and O–H groups in total. The quantitative estimate of drug-likeness (QED) is 0.0214. The Balaban J connectivity index is 4.17. The van der Waals surface area contributed by atoms with Gasteiger partial charge in [-0.2, -0.15) is 0 Å². The van der Waals surface area contributed by atoms with Crippen LogP contribution in [0.15, 0.2) is 72.9 Å². The average molecular weight is 933 g/mol. The molecular weight excluding hydrogens is 830 g/mol. The highest BCUT2D eigenvalue weighted by Gasteiger charge is 2.26. The smallest absolute Gasteiger partial charge is 0.457 e. The van der Waals surface area contributed by atoms with E-state index >= 15 is 0 Å². The minimum atomic E-state index is -4.29. The molecule has 0 saturated carbocycles. The van der Waals surface area contributed by atoms with Crippen LogP contribution in [0, 0.1) is 0 Å². The molecule has 2 unspecified atom stereocenters. The number of phosphoric acid groups is 1. The number of phosphoric ester groups is 1. The fourth-order valence-corrected chi connectivity index (χ4v) is 7.90. The zero-order chi connectivity index (χ0) is 47.6. The van der Waals surface area contributed by atoms with Gasteiger partial charge >= 0.3 is 13.8 Å². The Morgan fingerprint density at radius 2 is 0.892 bits per heavy atom. The van der Waals surface area contributed by atoms with Gasteiger partial charge in [0.25, 0.3) is 0 Å². The van der Waals surface area contributed by atoms with E-state index in [9.17, 15) is 14.3 Å². The molecule has 0 radical (unpaired) electrons. The highest BCUT2D eigenvalue weighted by atomic mass is 31.2. The molecule has 0 aromatic rings. The fourth-order valence-electron chi connectivity index (χ4n) is 7.16. The van der Waals surface area contributed by atoms with E-state index in [1.807, 2.05) is 21.1 Å². The van der Waals surface area contributed by atoms with Crippen molar-refractivity contribution in [2.24, 2.45) is 0 Å². The van der Waals surface area contributed by atoms with E-state index in [1.165, 1.54) is 116 Å². The van der Waals surface area contributed by atoms with Gasteiger partial charge in [-0.25, -0.2) is 4.57 Å². The van der Waals surface area contributed by atoms with Crippen molar-refractivity contribution in [2.45, 2.75) is 225 Å². The highest BCUT2D eigenvalue weighted by molar-refractivity contribution is 7.47. The Labute approximate surface area is 402 Å². The van der Waals surface area contributed by atoms with Crippen molar-refractivity contribution in [3.63, 3.8) is 0 Å². The van der Waals surface area contributed by atoms with Gasteiger partial charge in [0, 0.05) is 13.0 Å². The number of hydrogen-bond acceptors (Lipinski definition) is 6. The minimum Gasteiger partial charge on any atom is -0.457 e. The molecule has 0 aliphatic carbocycles. The zero-order valence-corrected chi connectivity index (χ0v) is 43.9. The second-order valence-electron chi connectivity index (χ2n) is 18.9. The van der Waals surface area contributed by atoms with Crippen LogP contribution in [0.3, 0.4) is 0 Å². The summed E-state index contributed by atoms with van der Waals surface area (Å²) in [6.07, 6.45) is 63.8. The van der Waals surface area contributed by atoms with E-state index in [0.29, 0.717) is 24.1 Å². The Bertz CT molecular complexity index is 1270. The second kappa shape index (κ2) is 48.4. The summed E-state index contributed by atoms with van der Waals surface area (Å²) in [5.74, 6) is -0.333. The van der Waals surface area contributed by atoms with Crippen LogP contribution in [0.25, 0.3) is 0 Å². The van der Waals surface area contributed by atoms with E-state index in [1.54, 1.807) is 0 Å². The molecule has 0 rings (SSSR count). The van der Waals surface area contributed by atoms with Crippen molar-refractivity contribution >= 4 is 13.8 Å². The largest absolute Gasteiger partial charge is 0.472 e. The third kappa shape index (κ3) is 52.8. The molecule has 0 amide bonds. The number of quaternary nitrogens is 1. The predicted molar refractivity (Wildman–Crippen MR) is 279 cm³/mol. The van der Waals surface area contributed by atoms with E-state index in [-0.39, 0.29) is 25.8 Å². The lowest BCUT2D eigenvalue weighted by molar-refractivity contribution is -0.870. The number of unbranched alkanes of at least 4 members (excludes halogenated alkanes) is 23. The molecule has 0 aromatic heterocycles. The number of likely N-dealkylation sites (N-methyl/N-ethyl adjacent to an activating group) is 1. The third-order valence-electron chi connectivity index (χ3n) is 11.3. The van der Waals surface area contributed by atoms with Crippen LogP contribution in [0.4, 0.5) is 0 Å². The average Bonchev–Trinajstić information content (AvgIpc) is 3.27. The Hall–Kier alpha value is -2.06. The molecule has 0 bridgehead atoms. The van der Waals surface area contributed by atoms with Gasteiger partial charge in [-0.1, -0.05) is 202 Å². The minimum absolute atomic E-state index is 0.0812. The molecule has 2 atom stereocenters. The van der Waals surface area contributed by atoms with Crippen LogP contribution in [0.5, 0.6) is 0 Å². The van der Waals surface area contributed by atoms with E-state index in [2.05, 4.69) is 86.8 Å². The molecular formula is C56H103NO7P+. The predicted octanol–water partition coefficient (Wildman–Crippen LogP) is 16.6. The first-order chi connectivity index (χ1) is 31.6. The fraction of sp³-hybridized carbons (Fsp3) is 0.768. The Morgan fingerprint density at radius 1 is 0.492 bits per heavy atom. The third-order valence-corrected chi connectivity index (χ3v) is 12.2. The van der Waals surface area contributed by atoms with Crippen molar-refractivity contribution in [3.8, 4) is 0 Å². The molecule has 378 valence electrons. The van der Waals surface area contributed by atoms with Crippen LogP contribution in [0.2, 0.25) is 0 Å². The molecule has 0 heterocycles. The van der Waals surface area contributed by atoms with Gasteiger partial charge in [0.2, 0.25) is 0 Å². The van der Waals surface area contributed by atoms with Crippen LogP contribution in [0.1, 0.15) is 219 Å². The van der Waals surface area contributed by atoms with Crippen molar-refractivity contribution in [1.82, 2.24) is 0 Å². The first-order valence-electron chi connectivity index (χ1n) is 26.7. The summed E-state index contributed by atoms with van der Waals surface area (Å²) in [4.78, 5) is 23.0. The van der Waals surface area contributed by atoms with Gasteiger partial charge in [0.1, 0.15) is 19.3 Å². The number of esters is 1. The highest BCUT2D eigenvalue weighted by Crippen LogP contribution is 2.43. The first kappa shape index (κ1) is 62.9. The van der Waals surface area contributed by atoms with Crippen LogP contribution < -0.4 is 0 Å². The molecule has 65 heavy (non-hydrogen) atoms. The van der Waals surface area contributed by atoms with Gasteiger partial charge in [0.05, 0.1) is 34.4 Å². The number of hydrogen-bond donors (Lipinski definition) is 1. The summed E-state index contributed by atoms with van der Waals surface area (Å²) in [6.45, 7) is 5.49. The summed E-state index contributed by atoms with van der Waals surface area (Å²) in [6, 6.07) is 0. The number of rotatable bonds is 49. The molecule has 0 saturated heterocycles. The van der Waals surface area contributed by atoms with Crippen LogP contribution >= 0.6 is 7.82 Å². The molecule has 0 aliphatic rings. The van der Waals surface area contributed by atoms with Gasteiger partial charge in [-0.05, 0) is 83.5 Å². The lowest BCUT2D eigenvalue weighted by Gasteiger charge is -2.24. The van der Waals surface area contributed by atoms with Gasteiger partial charge in [0.15, 0.2) is 0 Å². The zero-order valence-electron chi connectivity index (χ0n) is 43.0. The molecule has 0 fully saturated rings. The van der Waals surface area contributed by atoms with Crippen molar-refractivity contribution < 1.29 is 37.3 Å². The SMILES string of the molecule is CC/C=C\C/C=C\C/C=C\C/C=C\C/C=C\CCCCCCCC(=O)OC(COCCCCCCCCCCCC/C=C\CCCCCCCCCC)COP(=O)(O)OCC[N+](C)(C)C. The number of carbonyl (C=O) groups excluding carboxylic acids is 1. The first-order valence-corrected chi connectivity index (χ1v) is 28.2. The van der Waals surface area contributed by atoms with Crippen molar-refractivity contribution in [3.05, 3.63) is 72.9 Å². The lowest BCUT2D eigenvalue weighted by atomic mass is 10.1. The maximum atomic E-state index is 12.8. The number of nitrogens with zero attached hydrogens (tertiary/aromatic N) is 1. The molecule has 0 aromatic carbocycles. The summed E-state index contributed by atoms with van der Waals surface area (Å²) >= 11 is 0. The number of ether oxygens (including phenoxy) is 2. The van der Waals surface area contributed by atoms with Gasteiger partial charge < -0.3 is 18.9 Å². The molecule has 9 heteroatoms. The van der Waals surface area contributed by atoms with Crippen molar-refractivity contribution in [1.29, 1.82) is 0 Å². The maximum absolute atomic E-state index is 12.8. The van der Waals surface area contributed by atoms with Crippen LogP contribution in [-0.2, 0) is 27.9 Å². The van der Waals surface area contributed by atoms with Gasteiger partial charge in [-0.3, -0.25) is 13.8 Å². The van der Waals surface area contributed by atoms with E-state index < -0.39 is 13.9 Å². The second-order valence-corrected chi connectivity index (χ2v) is 20.3. The number of carbonyl (C=O) groups is 1. The molecule has 0 spiro atoms. The van der Waals surface area contributed by atoms with Crippen LogP contribution in [-0.4, -0.2) is 75.6 Å². The van der Waals surface area contributed by atoms with E-state index in [4.69, 9.17) is 18.5 Å².